The molecule has 3 aromatic rings. The second kappa shape index (κ2) is 9.45. The van der Waals surface area contributed by atoms with Crippen molar-refractivity contribution in [2.24, 2.45) is 0 Å². The van der Waals surface area contributed by atoms with E-state index in [9.17, 15) is 13.2 Å². The van der Waals surface area contributed by atoms with Gasteiger partial charge in [0.25, 0.3) is 0 Å². The molecule has 0 saturated heterocycles. The number of carbonyl (C=O) groups excluding carboxylic acids is 1. The molecule has 3 rings (SSSR count). The molecule has 0 amide bonds. The van der Waals surface area contributed by atoms with Gasteiger partial charge < -0.3 is 4.98 Å². The Labute approximate surface area is 197 Å². The molecular formula is C20H21ClN3NaO3S. The van der Waals surface area contributed by atoms with Gasteiger partial charge in [0.05, 0.1) is 23.8 Å². The van der Waals surface area contributed by atoms with Gasteiger partial charge in [-0.25, -0.2) is 8.42 Å². The average molecular weight is 442 g/mol. The predicted molar refractivity (Wildman–Crippen MR) is 118 cm³/mol. The Balaban J connectivity index is 0.00000300. The van der Waals surface area contributed by atoms with Crippen molar-refractivity contribution in [1.29, 1.82) is 0 Å². The van der Waals surface area contributed by atoms with Crippen molar-refractivity contribution < 1.29 is 13.2 Å². The van der Waals surface area contributed by atoms with E-state index >= 15 is 0 Å². The van der Waals surface area contributed by atoms with Crippen LogP contribution in [0.25, 0.3) is 0 Å². The fourth-order valence-electron chi connectivity index (χ4n) is 2.89. The van der Waals surface area contributed by atoms with Crippen LogP contribution < -0.4 is 4.72 Å². The van der Waals surface area contributed by atoms with Crippen LogP contribution in [0.3, 0.4) is 0 Å². The minimum absolute atomic E-state index is 0. The molecular weight excluding hydrogens is 421 g/mol. The summed E-state index contributed by atoms with van der Waals surface area (Å²) >= 11 is 5.89. The topological polar surface area (TPSA) is 91.9 Å². The number of nitrogens with one attached hydrogen (secondary N) is 2. The van der Waals surface area contributed by atoms with E-state index in [1.807, 2.05) is 19.9 Å². The van der Waals surface area contributed by atoms with Crippen molar-refractivity contribution in [3.05, 3.63) is 81.9 Å². The molecule has 29 heavy (non-hydrogen) atoms. The Morgan fingerprint density at radius 2 is 1.83 bits per heavy atom. The summed E-state index contributed by atoms with van der Waals surface area (Å²) in [7, 11) is -3.35. The van der Waals surface area contributed by atoms with Crippen LogP contribution in [0.5, 0.6) is 0 Å². The number of carbonyl (C=O) groups is 1. The maximum atomic E-state index is 12.8. The predicted octanol–water partition coefficient (Wildman–Crippen LogP) is 3.48. The summed E-state index contributed by atoms with van der Waals surface area (Å²) in [5, 5.41) is 0.578. The number of aryl methyl sites for hydroxylation is 1. The first kappa shape index (κ1) is 23.6. The minimum atomic E-state index is -3.35. The van der Waals surface area contributed by atoms with Crippen molar-refractivity contribution in [2.45, 2.75) is 19.8 Å². The third-order valence-corrected chi connectivity index (χ3v) is 5.23. The molecule has 2 heterocycles. The fourth-order valence-corrected chi connectivity index (χ4v) is 3.57. The Bertz CT molecular complexity index is 1110. The number of sulfonamides is 1. The fraction of sp³-hybridized carbons (Fsp3) is 0.200. The molecule has 0 saturated carbocycles. The number of aromatic nitrogens is 2. The molecule has 0 bridgehead atoms. The summed E-state index contributed by atoms with van der Waals surface area (Å²) in [6.07, 6.45) is 2.56. The number of H-pyrrole nitrogens is 1. The molecule has 0 fully saturated rings. The van der Waals surface area contributed by atoms with E-state index in [4.69, 9.17) is 11.6 Å². The number of hydrogen-bond donors (Lipinski definition) is 2. The van der Waals surface area contributed by atoms with Gasteiger partial charge in [-0.2, -0.15) is 0 Å². The molecule has 0 aliphatic carbocycles. The Hall–Kier alpha value is -1.64. The molecule has 0 radical (unpaired) electrons. The Morgan fingerprint density at radius 3 is 2.38 bits per heavy atom. The van der Waals surface area contributed by atoms with Gasteiger partial charge in [-0.15, -0.1) is 0 Å². The molecule has 9 heteroatoms. The quantitative estimate of drug-likeness (QED) is 0.452. The van der Waals surface area contributed by atoms with Gasteiger partial charge in [0, 0.05) is 27.9 Å². The first-order chi connectivity index (χ1) is 13.1. The Morgan fingerprint density at radius 1 is 1.17 bits per heavy atom. The van der Waals surface area contributed by atoms with Crippen LogP contribution in [-0.4, -0.2) is 60.0 Å². The van der Waals surface area contributed by atoms with E-state index < -0.39 is 10.0 Å². The second-order valence-corrected chi connectivity index (χ2v) is 8.87. The third-order valence-electron chi connectivity index (χ3n) is 4.37. The van der Waals surface area contributed by atoms with E-state index in [0.29, 0.717) is 22.0 Å². The number of benzene rings is 1. The van der Waals surface area contributed by atoms with Gasteiger partial charge in [0.1, 0.15) is 0 Å². The summed E-state index contributed by atoms with van der Waals surface area (Å²) in [4.78, 5) is 20.3. The normalized spacial score (nSPS) is 12.1. The van der Waals surface area contributed by atoms with Gasteiger partial charge >= 0.3 is 29.6 Å². The Kier molecular flexibility index (Phi) is 7.70. The van der Waals surface area contributed by atoms with Crippen molar-refractivity contribution in [3.8, 4) is 0 Å². The van der Waals surface area contributed by atoms with Crippen LogP contribution in [0.15, 0.2) is 48.7 Å². The van der Waals surface area contributed by atoms with Crippen molar-refractivity contribution in [1.82, 2.24) is 9.97 Å². The molecule has 1 atom stereocenters. The number of ketones is 1. The molecule has 2 aromatic heterocycles. The number of hydrogen-bond acceptors (Lipinski definition) is 4. The zero-order valence-corrected chi connectivity index (χ0v) is 17.2. The van der Waals surface area contributed by atoms with Gasteiger partial charge in [0.15, 0.2) is 0 Å². The van der Waals surface area contributed by atoms with Crippen molar-refractivity contribution in [2.75, 3.05) is 11.0 Å². The number of pyridine rings is 1. The van der Waals surface area contributed by atoms with E-state index in [-0.39, 0.29) is 41.3 Å². The third kappa shape index (κ3) is 5.93. The van der Waals surface area contributed by atoms with Crippen LogP contribution in [0, 0.1) is 6.92 Å². The molecule has 2 N–H and O–H groups in total. The number of aromatic amines is 1. The average Bonchev–Trinajstić information content (AvgIpc) is 3.02. The number of nitrogens with zero attached hydrogens (tertiary/aromatic N) is 1. The summed E-state index contributed by atoms with van der Waals surface area (Å²) in [5.74, 6) is -0.203. The van der Waals surface area contributed by atoms with Crippen LogP contribution >= 0.6 is 11.6 Å². The monoisotopic (exact) mass is 441 g/mol. The summed E-state index contributed by atoms with van der Waals surface area (Å²) in [6, 6.07) is 12.1. The molecule has 148 valence electrons. The van der Waals surface area contributed by atoms with Gasteiger partial charge in [-0.3, -0.25) is 14.5 Å². The van der Waals surface area contributed by atoms with Crippen LogP contribution in [0.1, 0.15) is 45.8 Å². The van der Waals surface area contributed by atoms with Gasteiger partial charge in [-0.05, 0) is 55.0 Å². The van der Waals surface area contributed by atoms with Gasteiger partial charge in [0.2, 0.25) is 15.8 Å². The van der Waals surface area contributed by atoms with Crippen LogP contribution in [-0.2, 0) is 10.0 Å². The van der Waals surface area contributed by atoms with Gasteiger partial charge in [-0.1, -0.05) is 18.5 Å². The molecule has 6 nitrogen and oxygen atoms in total. The van der Waals surface area contributed by atoms with Crippen LogP contribution in [0.4, 0.5) is 5.69 Å². The summed E-state index contributed by atoms with van der Waals surface area (Å²) in [6.45, 7) is 3.84. The van der Waals surface area contributed by atoms with Crippen LogP contribution in [0.2, 0.25) is 5.02 Å². The molecule has 0 aliphatic heterocycles. The first-order valence-electron chi connectivity index (χ1n) is 8.57. The summed E-state index contributed by atoms with van der Waals surface area (Å²) in [5.41, 5.74) is 3.94. The van der Waals surface area contributed by atoms with Crippen molar-refractivity contribution in [3.63, 3.8) is 0 Å². The van der Waals surface area contributed by atoms with E-state index in [1.165, 1.54) is 6.20 Å². The number of rotatable bonds is 6. The summed E-state index contributed by atoms with van der Waals surface area (Å²) < 4.78 is 25.0. The SMILES string of the molecule is Cc1cc(C(C)c2ccc(NS(C)(=O)=O)cn2)[nH]c1C(=O)c1ccc(Cl)cc1.[NaH]. The molecule has 0 spiro atoms. The number of halogens is 1. The van der Waals surface area contributed by atoms with E-state index in [0.717, 1.165) is 23.2 Å². The van der Waals surface area contributed by atoms with E-state index in [2.05, 4.69) is 14.7 Å². The maximum absolute atomic E-state index is 12.8. The van der Waals surface area contributed by atoms with Crippen molar-refractivity contribution >= 4 is 62.7 Å². The first-order valence-corrected chi connectivity index (χ1v) is 10.8. The zero-order chi connectivity index (χ0) is 20.5. The molecule has 1 unspecified atom stereocenters. The van der Waals surface area contributed by atoms with E-state index in [1.54, 1.807) is 36.4 Å². The molecule has 0 aliphatic rings. The zero-order valence-electron chi connectivity index (χ0n) is 15.7. The standard InChI is InChI=1S/C20H20ClN3O3S.Na.H/c1-12-10-18(23-19(12)20(25)14-4-6-15(21)7-5-14)13(2)17-9-8-16(11-22-17)24-28(3,26)27;;/h4-11,13,23-24H,1-3H3;;. The molecule has 1 aromatic carbocycles. The second-order valence-electron chi connectivity index (χ2n) is 6.69. The number of anilines is 1.